The Labute approximate surface area is 158 Å². The van der Waals surface area contributed by atoms with Crippen molar-refractivity contribution in [2.45, 2.75) is 37.5 Å². The number of methoxy groups -OCH3 is 1. The minimum atomic E-state index is -4.03. The van der Waals surface area contributed by atoms with Crippen molar-refractivity contribution in [3.05, 3.63) is 29.8 Å². The molecule has 0 aliphatic heterocycles. The van der Waals surface area contributed by atoms with Gasteiger partial charge in [-0.3, -0.25) is 9.59 Å². The summed E-state index contributed by atoms with van der Waals surface area (Å²) in [6, 6.07) is 5.51. The van der Waals surface area contributed by atoms with Crippen LogP contribution >= 0.6 is 0 Å². The number of sulfonamides is 1. The Bertz CT molecular complexity index is 777. The number of ether oxygens (including phenoxy) is 1. The van der Waals surface area contributed by atoms with Crippen LogP contribution in [0.3, 0.4) is 0 Å². The molecule has 0 radical (unpaired) electrons. The summed E-state index contributed by atoms with van der Waals surface area (Å²) in [7, 11) is -2.78. The zero-order chi connectivity index (χ0) is 20.4. The molecule has 3 N–H and O–H groups in total. The third kappa shape index (κ3) is 7.65. The smallest absolute Gasteiger partial charge is 0.328 e. The highest BCUT2D eigenvalue weighted by atomic mass is 32.2. The minimum absolute atomic E-state index is 0.0329. The summed E-state index contributed by atoms with van der Waals surface area (Å²) in [5.41, 5.74) is 0.600. The monoisotopic (exact) mass is 399 g/mol. The van der Waals surface area contributed by atoms with Crippen molar-refractivity contribution in [3.8, 4) is 0 Å². The van der Waals surface area contributed by atoms with Gasteiger partial charge in [0.05, 0.1) is 18.4 Å². The van der Waals surface area contributed by atoms with Gasteiger partial charge in [-0.1, -0.05) is 32.0 Å². The summed E-state index contributed by atoms with van der Waals surface area (Å²) < 4.78 is 31.2. The zero-order valence-electron chi connectivity index (χ0n) is 15.6. The first-order chi connectivity index (χ1) is 12.7. The standard InChI is InChI=1S/C17H25N3O6S/c1-12(2)13-6-4-5-7-14(13)27(24,25)20-17(23)19-10-8-15(21)18-11-9-16(22)26-3/h4-7,12H,8-11H2,1-3H3,(H,18,21)(H2,19,20,23). The van der Waals surface area contributed by atoms with Crippen molar-refractivity contribution >= 4 is 27.9 Å². The van der Waals surface area contributed by atoms with E-state index in [2.05, 4.69) is 15.4 Å². The van der Waals surface area contributed by atoms with E-state index in [1.54, 1.807) is 18.2 Å². The summed E-state index contributed by atoms with van der Waals surface area (Å²) >= 11 is 0. The highest BCUT2D eigenvalue weighted by Crippen LogP contribution is 2.23. The molecular weight excluding hydrogens is 374 g/mol. The second-order valence-corrected chi connectivity index (χ2v) is 7.63. The molecule has 9 nitrogen and oxygen atoms in total. The topological polar surface area (TPSA) is 131 Å². The number of hydrogen-bond acceptors (Lipinski definition) is 6. The van der Waals surface area contributed by atoms with Gasteiger partial charge in [0.25, 0.3) is 10.0 Å². The van der Waals surface area contributed by atoms with Crippen LogP contribution in [0.5, 0.6) is 0 Å². The van der Waals surface area contributed by atoms with Crippen LogP contribution in [0, 0.1) is 0 Å². The number of esters is 1. The number of carbonyl (C=O) groups excluding carboxylic acids is 3. The zero-order valence-corrected chi connectivity index (χ0v) is 16.4. The molecule has 0 fully saturated rings. The average molecular weight is 399 g/mol. The quantitative estimate of drug-likeness (QED) is 0.528. The second-order valence-electron chi connectivity index (χ2n) is 5.98. The molecule has 0 aliphatic rings. The van der Waals surface area contributed by atoms with Crippen LogP contribution in [0.25, 0.3) is 0 Å². The molecular formula is C17H25N3O6S. The van der Waals surface area contributed by atoms with Crippen molar-refractivity contribution in [2.75, 3.05) is 20.2 Å². The summed E-state index contributed by atoms with van der Waals surface area (Å²) in [6.45, 7) is 3.77. The Balaban J connectivity index is 2.48. The fourth-order valence-corrected chi connectivity index (χ4v) is 3.50. The number of benzene rings is 1. The van der Waals surface area contributed by atoms with Crippen LogP contribution in [-0.4, -0.2) is 46.5 Å². The largest absolute Gasteiger partial charge is 0.469 e. The maximum Gasteiger partial charge on any atom is 0.328 e. The van der Waals surface area contributed by atoms with Gasteiger partial charge in [-0.05, 0) is 17.5 Å². The lowest BCUT2D eigenvalue weighted by molar-refractivity contribution is -0.140. The van der Waals surface area contributed by atoms with Crippen molar-refractivity contribution in [2.24, 2.45) is 0 Å². The predicted molar refractivity (Wildman–Crippen MR) is 98.5 cm³/mol. The summed E-state index contributed by atoms with van der Waals surface area (Å²) in [5, 5.41) is 4.80. The SMILES string of the molecule is COC(=O)CCNC(=O)CCNC(=O)NS(=O)(=O)c1ccccc1C(C)C. The highest BCUT2D eigenvalue weighted by molar-refractivity contribution is 7.90. The molecule has 1 aromatic carbocycles. The lowest BCUT2D eigenvalue weighted by atomic mass is 10.0. The van der Waals surface area contributed by atoms with Gasteiger partial charge in [-0.15, -0.1) is 0 Å². The summed E-state index contributed by atoms with van der Waals surface area (Å²) in [5.74, 6) is -0.860. The van der Waals surface area contributed by atoms with Gasteiger partial charge in [0.2, 0.25) is 5.91 Å². The molecule has 0 bridgehead atoms. The van der Waals surface area contributed by atoms with Gasteiger partial charge in [0.1, 0.15) is 0 Å². The molecule has 0 aliphatic carbocycles. The van der Waals surface area contributed by atoms with Gasteiger partial charge >= 0.3 is 12.0 Å². The van der Waals surface area contributed by atoms with Crippen molar-refractivity contribution in [1.82, 2.24) is 15.4 Å². The average Bonchev–Trinajstić information content (AvgIpc) is 2.61. The Morgan fingerprint density at radius 3 is 2.30 bits per heavy atom. The maximum absolute atomic E-state index is 12.4. The first-order valence-corrected chi connectivity index (χ1v) is 9.88. The molecule has 3 amide bonds. The van der Waals surface area contributed by atoms with Gasteiger partial charge < -0.3 is 15.4 Å². The minimum Gasteiger partial charge on any atom is -0.469 e. The van der Waals surface area contributed by atoms with E-state index < -0.39 is 22.0 Å². The van der Waals surface area contributed by atoms with Crippen molar-refractivity contribution in [3.63, 3.8) is 0 Å². The first-order valence-electron chi connectivity index (χ1n) is 8.40. The highest BCUT2D eigenvalue weighted by Gasteiger charge is 2.21. The van der Waals surface area contributed by atoms with Crippen LogP contribution in [0.4, 0.5) is 4.79 Å². The Morgan fingerprint density at radius 2 is 1.67 bits per heavy atom. The van der Waals surface area contributed by atoms with Crippen molar-refractivity contribution < 1.29 is 27.5 Å². The second kappa shape index (κ2) is 10.5. The normalized spacial score (nSPS) is 11.0. The number of urea groups is 1. The predicted octanol–water partition coefficient (Wildman–Crippen LogP) is 0.867. The Hall–Kier alpha value is -2.62. The van der Waals surface area contributed by atoms with Gasteiger partial charge in [0, 0.05) is 19.5 Å². The molecule has 150 valence electrons. The van der Waals surface area contributed by atoms with Gasteiger partial charge in [-0.25, -0.2) is 17.9 Å². The summed E-state index contributed by atoms with van der Waals surface area (Å²) in [6.07, 6.45) is -0.0130. The van der Waals surface area contributed by atoms with E-state index in [1.165, 1.54) is 13.2 Å². The van der Waals surface area contributed by atoms with Gasteiger partial charge in [-0.2, -0.15) is 0 Å². The van der Waals surface area contributed by atoms with E-state index >= 15 is 0 Å². The number of nitrogens with one attached hydrogen (secondary N) is 3. The van der Waals surface area contributed by atoms with E-state index in [0.717, 1.165) is 0 Å². The number of hydrogen-bond donors (Lipinski definition) is 3. The number of carbonyl (C=O) groups is 3. The molecule has 0 aromatic heterocycles. The number of amides is 3. The van der Waals surface area contributed by atoms with E-state index in [1.807, 2.05) is 18.6 Å². The first kappa shape index (κ1) is 22.4. The summed E-state index contributed by atoms with van der Waals surface area (Å²) in [4.78, 5) is 34.4. The van der Waals surface area contributed by atoms with Crippen LogP contribution in [0.15, 0.2) is 29.2 Å². The Kier molecular flexibility index (Phi) is 8.73. The molecule has 0 spiro atoms. The van der Waals surface area contributed by atoms with Crippen LogP contribution < -0.4 is 15.4 Å². The fourth-order valence-electron chi connectivity index (χ4n) is 2.20. The number of rotatable bonds is 9. The van der Waals surface area contributed by atoms with Crippen LogP contribution in [0.2, 0.25) is 0 Å². The molecule has 0 saturated carbocycles. The molecule has 0 atom stereocenters. The van der Waals surface area contributed by atoms with Crippen LogP contribution in [-0.2, 0) is 24.3 Å². The van der Waals surface area contributed by atoms with Gasteiger partial charge in [0.15, 0.2) is 0 Å². The molecule has 0 heterocycles. The molecule has 1 aromatic rings. The van der Waals surface area contributed by atoms with E-state index in [9.17, 15) is 22.8 Å². The molecule has 27 heavy (non-hydrogen) atoms. The molecule has 10 heteroatoms. The van der Waals surface area contributed by atoms with E-state index in [0.29, 0.717) is 5.56 Å². The Morgan fingerprint density at radius 1 is 1.04 bits per heavy atom. The van der Waals surface area contributed by atoms with E-state index in [4.69, 9.17) is 0 Å². The van der Waals surface area contributed by atoms with Crippen molar-refractivity contribution in [1.29, 1.82) is 0 Å². The molecule has 0 saturated heterocycles. The third-order valence-electron chi connectivity index (χ3n) is 3.57. The molecule has 0 unspecified atom stereocenters. The lowest BCUT2D eigenvalue weighted by Gasteiger charge is -2.14. The van der Waals surface area contributed by atoms with E-state index in [-0.39, 0.29) is 42.7 Å². The third-order valence-corrected chi connectivity index (χ3v) is 4.98. The molecule has 1 rings (SSSR count). The van der Waals surface area contributed by atoms with Crippen LogP contribution in [0.1, 0.15) is 38.2 Å². The fraction of sp³-hybridized carbons (Fsp3) is 0.471. The lowest BCUT2D eigenvalue weighted by Crippen LogP contribution is -2.41. The maximum atomic E-state index is 12.4.